The lowest BCUT2D eigenvalue weighted by Gasteiger charge is -2.40. The van der Waals surface area contributed by atoms with Gasteiger partial charge in [0, 0.05) is 43.1 Å². The first kappa shape index (κ1) is 27.3. The Bertz CT molecular complexity index is 1300. The third-order valence-electron chi connectivity index (χ3n) is 7.28. The van der Waals surface area contributed by atoms with E-state index in [-0.39, 0.29) is 29.2 Å². The topological polar surface area (TPSA) is 99.6 Å². The minimum absolute atomic E-state index is 0.125. The summed E-state index contributed by atoms with van der Waals surface area (Å²) < 4.78 is 30.9. The van der Waals surface area contributed by atoms with Gasteiger partial charge in [0.05, 0.1) is 26.6 Å². The van der Waals surface area contributed by atoms with Crippen LogP contribution in [-0.4, -0.2) is 62.1 Å². The quantitative estimate of drug-likeness (QED) is 0.399. The number of hydrogen-bond donors (Lipinski definition) is 1. The number of carbonyl (C=O) groups excluding carboxylic acids is 2. The summed E-state index contributed by atoms with van der Waals surface area (Å²) in [5.74, 6) is -0.838. The maximum atomic E-state index is 14.7. The molecule has 2 unspecified atom stereocenters. The summed E-state index contributed by atoms with van der Waals surface area (Å²) in [6.07, 6.45) is 5.58. The highest BCUT2D eigenvalue weighted by atomic mass is 19.1. The Morgan fingerprint density at radius 1 is 1.00 bits per heavy atom. The van der Waals surface area contributed by atoms with Crippen LogP contribution in [0.1, 0.15) is 44.2 Å². The molecule has 0 spiro atoms. The average molecular weight is 522 g/mol. The molecule has 1 aliphatic heterocycles. The zero-order valence-electron chi connectivity index (χ0n) is 21.9. The second kappa shape index (κ2) is 12.2. The lowest BCUT2D eigenvalue weighted by Crippen LogP contribution is -2.47. The van der Waals surface area contributed by atoms with E-state index in [1.165, 1.54) is 52.2 Å². The van der Waals surface area contributed by atoms with Crippen molar-refractivity contribution in [1.82, 2.24) is 15.3 Å². The second-order valence-electron chi connectivity index (χ2n) is 9.42. The fourth-order valence-corrected chi connectivity index (χ4v) is 5.26. The molecule has 2 aromatic heterocycles. The van der Waals surface area contributed by atoms with Gasteiger partial charge in [-0.15, -0.1) is 0 Å². The number of hydrogen-bond acceptors (Lipinski definition) is 8. The number of aromatic nitrogens is 2. The van der Waals surface area contributed by atoms with Gasteiger partial charge in [-0.3, -0.25) is 19.6 Å². The van der Waals surface area contributed by atoms with Crippen molar-refractivity contribution in [2.75, 3.05) is 34.4 Å². The molecule has 3 heterocycles. The normalized spacial score (nSPS) is 20.0. The van der Waals surface area contributed by atoms with Gasteiger partial charge in [-0.25, -0.2) is 4.39 Å². The number of nitrogens with one attached hydrogen (secondary N) is 1. The molecule has 4 atom stereocenters. The molecule has 8 nitrogen and oxygen atoms in total. The lowest BCUT2D eigenvalue weighted by molar-refractivity contribution is 0.0459. The average Bonchev–Trinajstić information content (AvgIpc) is 2.96. The highest BCUT2D eigenvalue weighted by Gasteiger charge is 2.41. The highest BCUT2D eigenvalue weighted by Crippen LogP contribution is 2.41. The molecule has 1 saturated heterocycles. The molecule has 1 N–H and O–H groups in total. The van der Waals surface area contributed by atoms with E-state index in [0.717, 1.165) is 5.56 Å². The van der Waals surface area contributed by atoms with Gasteiger partial charge in [0.1, 0.15) is 23.4 Å². The summed E-state index contributed by atoms with van der Waals surface area (Å²) in [7, 11) is 4.51. The largest absolute Gasteiger partial charge is 0.495 e. The number of methoxy groups -OCH3 is 3. The number of pyridine rings is 2. The Morgan fingerprint density at radius 3 is 2.32 bits per heavy atom. The molecule has 4 rings (SSSR count). The van der Waals surface area contributed by atoms with E-state index in [2.05, 4.69) is 15.3 Å². The van der Waals surface area contributed by atoms with Gasteiger partial charge >= 0.3 is 0 Å². The number of Topliss-reactive ketones (excluding diaryl/α,β-unsaturated/α-hetero) is 2. The SMILES string of the molecule is COc1cncc(C(=O)C(C[C@H]2CNC[C@@H](C(=O)c3cncc(OC)c3)C2c2cccc(F)c2C)OC)c1. The van der Waals surface area contributed by atoms with Gasteiger partial charge in [0.2, 0.25) is 0 Å². The molecule has 1 aromatic carbocycles. The summed E-state index contributed by atoms with van der Waals surface area (Å²) in [5, 5.41) is 3.36. The van der Waals surface area contributed by atoms with Gasteiger partial charge in [-0.1, -0.05) is 12.1 Å². The summed E-state index contributed by atoms with van der Waals surface area (Å²) in [6.45, 7) is 2.65. The zero-order valence-corrected chi connectivity index (χ0v) is 21.9. The van der Waals surface area contributed by atoms with Crippen molar-refractivity contribution in [3.05, 3.63) is 83.2 Å². The molecule has 0 saturated carbocycles. The predicted octanol–water partition coefficient (Wildman–Crippen LogP) is 4.03. The smallest absolute Gasteiger partial charge is 0.193 e. The van der Waals surface area contributed by atoms with Crippen LogP contribution in [0, 0.1) is 24.6 Å². The number of benzene rings is 1. The Labute approximate surface area is 221 Å². The van der Waals surface area contributed by atoms with Crippen LogP contribution in [0.5, 0.6) is 11.5 Å². The summed E-state index contributed by atoms with van der Waals surface area (Å²) in [5.41, 5.74) is 2.02. The van der Waals surface area contributed by atoms with Crippen LogP contribution >= 0.6 is 0 Å². The van der Waals surface area contributed by atoms with Crippen LogP contribution < -0.4 is 14.8 Å². The maximum Gasteiger partial charge on any atom is 0.193 e. The van der Waals surface area contributed by atoms with Crippen molar-refractivity contribution in [2.24, 2.45) is 11.8 Å². The summed E-state index contributed by atoms with van der Waals surface area (Å²) in [4.78, 5) is 35.5. The van der Waals surface area contributed by atoms with E-state index in [0.29, 0.717) is 47.7 Å². The van der Waals surface area contributed by atoms with Crippen LogP contribution in [0.3, 0.4) is 0 Å². The van der Waals surface area contributed by atoms with Gasteiger partial charge in [-0.05, 0) is 61.1 Å². The first-order valence-electron chi connectivity index (χ1n) is 12.4. The van der Waals surface area contributed by atoms with Crippen molar-refractivity contribution < 1.29 is 28.2 Å². The van der Waals surface area contributed by atoms with Crippen molar-refractivity contribution in [2.45, 2.75) is 25.4 Å². The van der Waals surface area contributed by atoms with Crippen molar-refractivity contribution in [1.29, 1.82) is 0 Å². The van der Waals surface area contributed by atoms with E-state index in [1.54, 1.807) is 25.1 Å². The van der Waals surface area contributed by atoms with E-state index in [9.17, 15) is 14.0 Å². The van der Waals surface area contributed by atoms with Crippen LogP contribution in [0.2, 0.25) is 0 Å². The Morgan fingerprint density at radius 2 is 1.66 bits per heavy atom. The fraction of sp³-hybridized carbons (Fsp3) is 0.379. The number of ketones is 2. The number of rotatable bonds is 10. The maximum absolute atomic E-state index is 14.7. The van der Waals surface area contributed by atoms with Crippen molar-refractivity contribution in [3.63, 3.8) is 0 Å². The molecule has 38 heavy (non-hydrogen) atoms. The van der Waals surface area contributed by atoms with Gasteiger partial charge < -0.3 is 19.5 Å². The minimum atomic E-state index is -0.792. The lowest BCUT2D eigenvalue weighted by atomic mass is 9.68. The molecule has 9 heteroatoms. The molecule has 0 aliphatic carbocycles. The van der Waals surface area contributed by atoms with Gasteiger partial charge in [-0.2, -0.15) is 0 Å². The molecule has 1 aliphatic rings. The van der Waals surface area contributed by atoms with Crippen molar-refractivity contribution >= 4 is 11.6 Å². The molecule has 3 aromatic rings. The number of nitrogens with zero attached hydrogens (tertiary/aromatic N) is 2. The molecule has 1 fully saturated rings. The molecule has 0 bridgehead atoms. The van der Waals surface area contributed by atoms with Gasteiger partial charge in [0.25, 0.3) is 0 Å². The molecular weight excluding hydrogens is 489 g/mol. The Balaban J connectivity index is 1.70. The standard InChI is InChI=1S/C29H32FN3O5/c1-17-23(6-5-7-25(17)30)27-18(10-26(38-4)29(35)20-9-22(37-3)15-32-13-20)11-33-16-24(27)28(34)19-8-21(36-2)14-31-12-19/h5-9,12-15,18,24,26-27,33H,10-11,16H2,1-4H3/t18-,24+,26?,27?/m0/s1. The minimum Gasteiger partial charge on any atom is -0.495 e. The van der Waals surface area contributed by atoms with E-state index < -0.39 is 12.0 Å². The molecular formula is C29H32FN3O5. The first-order chi connectivity index (χ1) is 18.4. The predicted molar refractivity (Wildman–Crippen MR) is 139 cm³/mol. The van der Waals surface area contributed by atoms with E-state index >= 15 is 0 Å². The number of ether oxygens (including phenoxy) is 3. The number of halogens is 1. The Hall–Kier alpha value is -3.69. The molecule has 0 radical (unpaired) electrons. The number of carbonyl (C=O) groups is 2. The first-order valence-corrected chi connectivity index (χ1v) is 12.4. The van der Waals surface area contributed by atoms with Crippen LogP contribution in [0.15, 0.2) is 55.1 Å². The second-order valence-corrected chi connectivity index (χ2v) is 9.42. The zero-order chi connectivity index (χ0) is 27.2. The highest BCUT2D eigenvalue weighted by molar-refractivity contribution is 6.00. The van der Waals surface area contributed by atoms with Crippen LogP contribution in [0.25, 0.3) is 0 Å². The molecule has 0 amide bonds. The monoisotopic (exact) mass is 521 g/mol. The van der Waals surface area contributed by atoms with Gasteiger partial charge in [0.15, 0.2) is 11.6 Å². The van der Waals surface area contributed by atoms with Crippen molar-refractivity contribution in [3.8, 4) is 11.5 Å². The third kappa shape index (κ3) is 5.74. The number of piperidine rings is 1. The van der Waals surface area contributed by atoms with E-state index in [1.807, 2.05) is 6.07 Å². The fourth-order valence-electron chi connectivity index (χ4n) is 5.26. The third-order valence-corrected chi connectivity index (χ3v) is 7.28. The Kier molecular flexibility index (Phi) is 8.81. The molecule has 200 valence electrons. The summed E-state index contributed by atoms with van der Waals surface area (Å²) in [6, 6.07) is 8.21. The van der Waals surface area contributed by atoms with Crippen LogP contribution in [0.4, 0.5) is 4.39 Å². The van der Waals surface area contributed by atoms with E-state index in [4.69, 9.17) is 14.2 Å². The van der Waals surface area contributed by atoms with Crippen LogP contribution in [-0.2, 0) is 4.74 Å². The summed E-state index contributed by atoms with van der Waals surface area (Å²) >= 11 is 0.